The number of rotatable bonds is 5. The Morgan fingerprint density at radius 2 is 1.95 bits per heavy atom. The molecule has 1 atom stereocenters. The number of nitrogens with zero attached hydrogens (tertiary/aromatic N) is 3. The number of aliphatic hydroxyl groups is 1. The second-order valence-electron chi connectivity index (χ2n) is 10.3. The third kappa shape index (κ3) is 6.74. The van der Waals surface area contributed by atoms with Crippen LogP contribution in [0.1, 0.15) is 50.3 Å². The zero-order chi connectivity index (χ0) is 26.8. The predicted molar refractivity (Wildman–Crippen MR) is 133 cm³/mol. The highest BCUT2D eigenvalue weighted by molar-refractivity contribution is 5.74. The van der Waals surface area contributed by atoms with Crippen LogP contribution in [0.2, 0.25) is 0 Å². The van der Waals surface area contributed by atoms with Crippen molar-refractivity contribution in [2.24, 2.45) is 0 Å². The smallest absolute Gasteiger partial charge is 0.417 e. The Morgan fingerprint density at radius 3 is 2.54 bits per heavy atom. The summed E-state index contributed by atoms with van der Waals surface area (Å²) in [5.74, 6) is 0.155. The van der Waals surface area contributed by atoms with Crippen LogP contribution in [-0.4, -0.2) is 59.0 Å². The Balaban J connectivity index is 1.38. The van der Waals surface area contributed by atoms with Crippen molar-refractivity contribution >= 4 is 17.4 Å². The summed E-state index contributed by atoms with van der Waals surface area (Å²) >= 11 is 0. The number of carbonyl (C=O) groups excluding carboxylic acids is 1. The van der Waals surface area contributed by atoms with Gasteiger partial charge in [0.1, 0.15) is 11.7 Å². The van der Waals surface area contributed by atoms with E-state index in [1.165, 1.54) is 6.07 Å². The minimum atomic E-state index is -4.44. The van der Waals surface area contributed by atoms with E-state index in [0.29, 0.717) is 39.0 Å². The van der Waals surface area contributed by atoms with E-state index in [9.17, 15) is 23.1 Å². The SMILES string of the molecule is CC(C)(C)OC(=O)N1CC=C(c2ccc(N3CCC(Oc4ccc(C(F)(F)F)cn4)C3)c(CO)c2)CC1. The highest BCUT2D eigenvalue weighted by Gasteiger charge is 2.31. The van der Waals surface area contributed by atoms with Crippen LogP contribution < -0.4 is 9.64 Å². The van der Waals surface area contributed by atoms with Crippen molar-refractivity contribution in [1.29, 1.82) is 0 Å². The van der Waals surface area contributed by atoms with E-state index in [2.05, 4.69) is 9.88 Å². The molecule has 0 bridgehead atoms. The summed E-state index contributed by atoms with van der Waals surface area (Å²) in [6, 6.07) is 8.15. The molecule has 2 aliphatic rings. The van der Waals surface area contributed by atoms with E-state index >= 15 is 0 Å². The lowest BCUT2D eigenvalue weighted by molar-refractivity contribution is -0.137. The van der Waals surface area contributed by atoms with Gasteiger partial charge < -0.3 is 24.4 Å². The molecule has 37 heavy (non-hydrogen) atoms. The Hall–Kier alpha value is -3.27. The molecule has 0 saturated carbocycles. The average molecular weight is 520 g/mol. The summed E-state index contributed by atoms with van der Waals surface area (Å²) in [6.45, 7) is 7.62. The summed E-state index contributed by atoms with van der Waals surface area (Å²) in [7, 11) is 0. The van der Waals surface area contributed by atoms with Gasteiger partial charge in [-0.15, -0.1) is 0 Å². The molecule has 0 aliphatic carbocycles. The Morgan fingerprint density at radius 1 is 1.16 bits per heavy atom. The molecule has 1 aromatic heterocycles. The fourth-order valence-electron chi connectivity index (χ4n) is 4.48. The number of alkyl halides is 3. The lowest BCUT2D eigenvalue weighted by Crippen LogP contribution is -2.39. The molecule has 200 valence electrons. The van der Waals surface area contributed by atoms with Crippen molar-refractivity contribution < 1.29 is 32.5 Å². The maximum Gasteiger partial charge on any atom is 0.417 e. The van der Waals surface area contributed by atoms with E-state index in [1.54, 1.807) is 4.90 Å². The molecular weight excluding hydrogens is 487 g/mol. The van der Waals surface area contributed by atoms with E-state index in [1.807, 2.05) is 45.0 Å². The first-order valence-electron chi connectivity index (χ1n) is 12.3. The van der Waals surface area contributed by atoms with Crippen molar-refractivity contribution in [3.63, 3.8) is 0 Å². The number of pyridine rings is 1. The molecule has 10 heteroatoms. The lowest BCUT2D eigenvalue weighted by atomic mass is 9.97. The first-order chi connectivity index (χ1) is 17.4. The van der Waals surface area contributed by atoms with Crippen molar-refractivity contribution in [3.05, 3.63) is 59.3 Å². The fourth-order valence-corrected chi connectivity index (χ4v) is 4.48. The van der Waals surface area contributed by atoms with Gasteiger partial charge >= 0.3 is 12.3 Å². The Kier molecular flexibility index (Phi) is 7.68. The van der Waals surface area contributed by atoms with Gasteiger partial charge in [-0.05, 0) is 56.5 Å². The highest BCUT2D eigenvalue weighted by atomic mass is 19.4. The molecule has 0 spiro atoms. The van der Waals surface area contributed by atoms with Crippen molar-refractivity contribution in [3.8, 4) is 5.88 Å². The second-order valence-corrected chi connectivity index (χ2v) is 10.3. The van der Waals surface area contributed by atoms with Crippen LogP contribution in [0.25, 0.3) is 5.57 Å². The van der Waals surface area contributed by atoms with Gasteiger partial charge in [0.2, 0.25) is 5.88 Å². The number of carbonyl (C=O) groups is 1. The van der Waals surface area contributed by atoms with Gasteiger partial charge in [0.05, 0.1) is 18.7 Å². The van der Waals surface area contributed by atoms with Crippen molar-refractivity contribution in [2.75, 3.05) is 31.1 Å². The number of anilines is 1. The maximum absolute atomic E-state index is 12.8. The molecule has 1 unspecified atom stereocenters. The van der Waals surface area contributed by atoms with Gasteiger partial charge in [-0.25, -0.2) is 9.78 Å². The molecule has 0 radical (unpaired) electrons. The van der Waals surface area contributed by atoms with Crippen LogP contribution >= 0.6 is 0 Å². The zero-order valence-corrected chi connectivity index (χ0v) is 21.2. The van der Waals surface area contributed by atoms with Gasteiger partial charge in [-0.1, -0.05) is 12.1 Å². The molecule has 1 amide bonds. The first-order valence-corrected chi connectivity index (χ1v) is 12.3. The van der Waals surface area contributed by atoms with Gasteiger partial charge in [0, 0.05) is 49.6 Å². The van der Waals surface area contributed by atoms with Crippen LogP contribution in [0.5, 0.6) is 5.88 Å². The molecule has 1 aromatic carbocycles. The molecule has 1 fully saturated rings. The number of halogens is 3. The molecule has 4 rings (SSSR count). The summed E-state index contributed by atoms with van der Waals surface area (Å²) < 4.78 is 49.5. The van der Waals surface area contributed by atoms with Crippen LogP contribution in [0.3, 0.4) is 0 Å². The quantitative estimate of drug-likeness (QED) is 0.580. The lowest BCUT2D eigenvalue weighted by Gasteiger charge is -2.30. The number of hydrogen-bond acceptors (Lipinski definition) is 6. The van der Waals surface area contributed by atoms with Gasteiger partial charge in [0.15, 0.2) is 0 Å². The Bertz CT molecular complexity index is 1140. The topological polar surface area (TPSA) is 75.1 Å². The number of ether oxygens (including phenoxy) is 2. The van der Waals surface area contributed by atoms with Gasteiger partial charge in [-0.3, -0.25) is 0 Å². The molecular formula is C27H32F3N3O4. The summed E-state index contributed by atoms with van der Waals surface area (Å²) in [6.07, 6.45) is -0.836. The number of amides is 1. The average Bonchev–Trinajstić information content (AvgIpc) is 3.30. The minimum absolute atomic E-state index is 0.136. The molecule has 3 heterocycles. The molecule has 1 saturated heterocycles. The third-order valence-corrected chi connectivity index (χ3v) is 6.32. The van der Waals surface area contributed by atoms with Crippen molar-refractivity contribution in [2.45, 2.75) is 58.1 Å². The predicted octanol–water partition coefficient (Wildman–Crippen LogP) is 5.27. The Labute approximate surface area is 214 Å². The number of hydrogen-bond donors (Lipinski definition) is 1. The molecule has 2 aliphatic heterocycles. The third-order valence-electron chi connectivity index (χ3n) is 6.32. The number of aromatic nitrogens is 1. The van der Waals surface area contributed by atoms with Crippen LogP contribution in [0.4, 0.5) is 23.7 Å². The van der Waals surface area contributed by atoms with E-state index in [-0.39, 0.29) is 24.7 Å². The largest absolute Gasteiger partial charge is 0.472 e. The zero-order valence-electron chi connectivity index (χ0n) is 21.2. The van der Waals surface area contributed by atoms with Crippen molar-refractivity contribution in [1.82, 2.24) is 9.88 Å². The summed E-state index contributed by atoms with van der Waals surface area (Å²) in [5, 5.41) is 10.1. The number of benzene rings is 1. The van der Waals surface area contributed by atoms with E-state index in [0.717, 1.165) is 34.7 Å². The minimum Gasteiger partial charge on any atom is -0.472 e. The summed E-state index contributed by atoms with van der Waals surface area (Å²) in [4.78, 5) is 19.9. The van der Waals surface area contributed by atoms with Crippen LogP contribution in [0.15, 0.2) is 42.6 Å². The number of aliphatic hydroxyl groups excluding tert-OH is 1. The second kappa shape index (κ2) is 10.6. The molecule has 2 aromatic rings. The van der Waals surface area contributed by atoms with Crippen LogP contribution in [-0.2, 0) is 17.5 Å². The molecule has 7 nitrogen and oxygen atoms in total. The summed E-state index contributed by atoms with van der Waals surface area (Å²) in [5.41, 5.74) is 2.42. The molecule has 1 N–H and O–H groups in total. The monoisotopic (exact) mass is 519 g/mol. The maximum atomic E-state index is 12.8. The normalized spacial score (nSPS) is 18.6. The van der Waals surface area contributed by atoms with Crippen LogP contribution in [0, 0.1) is 0 Å². The first kappa shape index (κ1) is 26.8. The van der Waals surface area contributed by atoms with Gasteiger partial charge in [-0.2, -0.15) is 13.2 Å². The van der Waals surface area contributed by atoms with E-state index < -0.39 is 17.3 Å². The fraction of sp³-hybridized carbons (Fsp3) is 0.481. The highest BCUT2D eigenvalue weighted by Crippen LogP contribution is 2.32. The standard InChI is InChI=1S/C27H32F3N3O4/c1-26(2,3)37-25(35)32-11-8-18(9-12-32)19-4-6-23(20(14-19)17-34)33-13-10-22(16-33)36-24-7-5-21(15-31-24)27(28,29)30/h4-8,14-15,22,34H,9-13,16-17H2,1-3H3. The van der Waals surface area contributed by atoms with Gasteiger partial charge in [0.25, 0.3) is 0 Å². The van der Waals surface area contributed by atoms with E-state index in [4.69, 9.17) is 9.47 Å².